The molecule has 0 aliphatic rings. The molecule has 0 unspecified atom stereocenters. The molecule has 0 aliphatic heterocycles. The molecule has 2 rings (SSSR count). The van der Waals surface area contributed by atoms with E-state index in [0.29, 0.717) is 16.5 Å². The van der Waals surface area contributed by atoms with E-state index >= 15 is 0 Å². The molecule has 0 aliphatic carbocycles. The number of nitrogens with zero attached hydrogens (tertiary/aromatic N) is 3. The number of hydrogen-bond donors (Lipinski definition) is 1. The molecule has 21 heavy (non-hydrogen) atoms. The summed E-state index contributed by atoms with van der Waals surface area (Å²) >= 11 is 1.48. The third-order valence-corrected chi connectivity index (χ3v) is 3.89. The summed E-state index contributed by atoms with van der Waals surface area (Å²) in [6, 6.07) is 4.70. The summed E-state index contributed by atoms with van der Waals surface area (Å²) in [4.78, 5) is 0. The Hall–Kier alpha value is -1.70. The molecule has 0 amide bonds. The van der Waals surface area contributed by atoms with E-state index in [1.54, 1.807) is 0 Å². The first-order valence-corrected chi connectivity index (χ1v) is 7.43. The van der Waals surface area contributed by atoms with Crippen LogP contribution in [0.1, 0.15) is 25.3 Å². The quantitative estimate of drug-likeness (QED) is 0.520. The monoisotopic (exact) mass is 316 g/mol. The Labute approximate surface area is 124 Å². The van der Waals surface area contributed by atoms with Gasteiger partial charge in [-0.3, -0.25) is 0 Å². The maximum atomic E-state index is 12.5. The highest BCUT2D eigenvalue weighted by molar-refractivity contribution is 7.99. The number of benzene rings is 1. The lowest BCUT2D eigenvalue weighted by Gasteiger charge is -2.07. The Morgan fingerprint density at radius 3 is 2.43 bits per heavy atom. The predicted molar refractivity (Wildman–Crippen MR) is 76.2 cm³/mol. The summed E-state index contributed by atoms with van der Waals surface area (Å²) in [5, 5.41) is 8.46. The second kappa shape index (κ2) is 6.38. The summed E-state index contributed by atoms with van der Waals surface area (Å²) in [7, 11) is 0. The lowest BCUT2D eigenvalue weighted by Crippen LogP contribution is -2.12. The highest BCUT2D eigenvalue weighted by Crippen LogP contribution is 2.31. The van der Waals surface area contributed by atoms with Gasteiger partial charge in [0.1, 0.15) is 0 Å². The zero-order chi connectivity index (χ0) is 15.5. The maximum absolute atomic E-state index is 12.5. The molecule has 1 heterocycles. The molecule has 8 heteroatoms. The first kappa shape index (κ1) is 15.7. The van der Waals surface area contributed by atoms with Crippen LogP contribution in [-0.2, 0) is 6.18 Å². The first-order valence-electron chi connectivity index (χ1n) is 6.44. The van der Waals surface area contributed by atoms with Gasteiger partial charge in [-0.05, 0) is 18.6 Å². The molecule has 0 spiro atoms. The molecule has 1 aromatic heterocycles. The summed E-state index contributed by atoms with van der Waals surface area (Å²) in [6.45, 7) is 2.08. The van der Waals surface area contributed by atoms with Gasteiger partial charge in [-0.1, -0.05) is 37.2 Å². The van der Waals surface area contributed by atoms with Crippen molar-refractivity contribution in [3.63, 3.8) is 0 Å². The number of halogens is 3. The van der Waals surface area contributed by atoms with Crippen LogP contribution in [0, 0.1) is 0 Å². The SMILES string of the molecule is CCCCSc1nnc(-c2ccc(C(F)(F)F)cc2)n1N. The predicted octanol–water partition coefficient (Wildman–Crippen LogP) is 3.57. The molecule has 0 saturated heterocycles. The van der Waals surface area contributed by atoms with E-state index in [4.69, 9.17) is 5.84 Å². The van der Waals surface area contributed by atoms with Crippen molar-refractivity contribution in [1.82, 2.24) is 14.9 Å². The van der Waals surface area contributed by atoms with Gasteiger partial charge in [-0.25, -0.2) is 4.68 Å². The average Bonchev–Trinajstić information content (AvgIpc) is 2.80. The summed E-state index contributed by atoms with van der Waals surface area (Å²) < 4.78 is 38.9. The molecule has 4 nitrogen and oxygen atoms in total. The number of nitrogen functional groups attached to an aromatic ring is 1. The second-order valence-corrected chi connectivity index (χ2v) is 5.52. The van der Waals surface area contributed by atoms with Crippen LogP contribution in [0.25, 0.3) is 11.4 Å². The third kappa shape index (κ3) is 3.69. The zero-order valence-electron chi connectivity index (χ0n) is 11.4. The van der Waals surface area contributed by atoms with E-state index in [-0.39, 0.29) is 0 Å². The number of hydrogen-bond acceptors (Lipinski definition) is 4. The van der Waals surface area contributed by atoms with Crippen LogP contribution in [0.15, 0.2) is 29.4 Å². The molecule has 0 saturated carbocycles. The zero-order valence-corrected chi connectivity index (χ0v) is 12.2. The fourth-order valence-corrected chi connectivity index (χ4v) is 2.63. The summed E-state index contributed by atoms with van der Waals surface area (Å²) in [5.41, 5.74) is -0.202. The second-order valence-electron chi connectivity index (χ2n) is 4.45. The Balaban J connectivity index is 2.19. The van der Waals surface area contributed by atoms with Crippen molar-refractivity contribution in [3.8, 4) is 11.4 Å². The van der Waals surface area contributed by atoms with Gasteiger partial charge in [0.05, 0.1) is 5.56 Å². The number of rotatable bonds is 5. The van der Waals surface area contributed by atoms with Crippen LogP contribution >= 0.6 is 11.8 Å². The molecule has 0 atom stereocenters. The van der Waals surface area contributed by atoms with Crippen molar-refractivity contribution in [1.29, 1.82) is 0 Å². The van der Waals surface area contributed by atoms with E-state index in [1.165, 1.54) is 28.6 Å². The molecule has 2 N–H and O–H groups in total. The lowest BCUT2D eigenvalue weighted by molar-refractivity contribution is -0.137. The highest BCUT2D eigenvalue weighted by Gasteiger charge is 2.30. The fraction of sp³-hybridized carbons (Fsp3) is 0.385. The van der Waals surface area contributed by atoms with E-state index in [2.05, 4.69) is 17.1 Å². The number of unbranched alkanes of at least 4 members (excludes halogenated alkanes) is 1. The summed E-state index contributed by atoms with van der Waals surface area (Å²) in [5.74, 6) is 7.11. The molecule has 114 valence electrons. The van der Waals surface area contributed by atoms with Gasteiger partial charge < -0.3 is 5.84 Å². The molecule has 0 radical (unpaired) electrons. The van der Waals surface area contributed by atoms with Crippen molar-refractivity contribution in [2.24, 2.45) is 0 Å². The number of aromatic nitrogens is 3. The Bertz CT molecular complexity index is 592. The molecular weight excluding hydrogens is 301 g/mol. The van der Waals surface area contributed by atoms with Gasteiger partial charge >= 0.3 is 6.18 Å². The van der Waals surface area contributed by atoms with Crippen molar-refractivity contribution >= 4 is 11.8 Å². The first-order chi connectivity index (χ1) is 9.93. The minimum atomic E-state index is -4.35. The van der Waals surface area contributed by atoms with Gasteiger partial charge in [0, 0.05) is 11.3 Å². The fourth-order valence-electron chi connectivity index (χ4n) is 1.69. The third-order valence-electron chi connectivity index (χ3n) is 2.86. The number of nitrogens with two attached hydrogens (primary N) is 1. The summed E-state index contributed by atoms with van der Waals surface area (Å²) in [6.07, 6.45) is -2.25. The minimum absolute atomic E-state index is 0.350. The van der Waals surface area contributed by atoms with Crippen LogP contribution in [0.3, 0.4) is 0 Å². The smallest absolute Gasteiger partial charge is 0.335 e. The van der Waals surface area contributed by atoms with E-state index in [1.807, 2.05) is 0 Å². The van der Waals surface area contributed by atoms with Crippen molar-refractivity contribution < 1.29 is 13.2 Å². The Morgan fingerprint density at radius 1 is 1.19 bits per heavy atom. The normalized spacial score (nSPS) is 11.8. The van der Waals surface area contributed by atoms with Gasteiger partial charge in [-0.15, -0.1) is 10.2 Å². The van der Waals surface area contributed by atoms with E-state index in [9.17, 15) is 13.2 Å². The van der Waals surface area contributed by atoms with Crippen LogP contribution in [0.5, 0.6) is 0 Å². The van der Waals surface area contributed by atoms with Gasteiger partial charge in [0.25, 0.3) is 0 Å². The van der Waals surface area contributed by atoms with Gasteiger partial charge in [0.2, 0.25) is 5.16 Å². The van der Waals surface area contributed by atoms with Gasteiger partial charge in [0.15, 0.2) is 5.82 Å². The van der Waals surface area contributed by atoms with Crippen LogP contribution in [0.4, 0.5) is 13.2 Å². The van der Waals surface area contributed by atoms with E-state index < -0.39 is 11.7 Å². The number of thioether (sulfide) groups is 1. The van der Waals surface area contributed by atoms with Crippen molar-refractivity contribution in [2.75, 3.05) is 11.6 Å². The minimum Gasteiger partial charge on any atom is -0.335 e. The van der Waals surface area contributed by atoms with Crippen LogP contribution in [0.2, 0.25) is 0 Å². The largest absolute Gasteiger partial charge is 0.416 e. The standard InChI is InChI=1S/C13H15F3N4S/c1-2-3-8-21-12-19-18-11(20(12)17)9-4-6-10(7-5-9)13(14,15)16/h4-7H,2-3,8,17H2,1H3. The number of alkyl halides is 3. The molecular formula is C13H15F3N4S. The van der Waals surface area contributed by atoms with Crippen LogP contribution < -0.4 is 5.84 Å². The van der Waals surface area contributed by atoms with Crippen molar-refractivity contribution in [3.05, 3.63) is 29.8 Å². The molecule has 0 fully saturated rings. The molecule has 0 bridgehead atoms. The topological polar surface area (TPSA) is 56.7 Å². The Kier molecular flexibility index (Phi) is 4.76. The van der Waals surface area contributed by atoms with Crippen LogP contribution in [-0.4, -0.2) is 20.6 Å². The van der Waals surface area contributed by atoms with Crippen molar-refractivity contribution in [2.45, 2.75) is 31.1 Å². The Morgan fingerprint density at radius 2 is 1.86 bits per heavy atom. The molecule has 1 aromatic carbocycles. The van der Waals surface area contributed by atoms with E-state index in [0.717, 1.165) is 30.7 Å². The maximum Gasteiger partial charge on any atom is 0.416 e. The molecule has 2 aromatic rings. The highest BCUT2D eigenvalue weighted by atomic mass is 32.2. The van der Waals surface area contributed by atoms with Gasteiger partial charge in [-0.2, -0.15) is 13.2 Å². The average molecular weight is 316 g/mol. The lowest BCUT2D eigenvalue weighted by atomic mass is 10.1.